The van der Waals surface area contributed by atoms with Gasteiger partial charge in [-0.1, -0.05) is 39.0 Å². The van der Waals surface area contributed by atoms with E-state index in [-0.39, 0.29) is 5.25 Å². The third-order valence-electron chi connectivity index (χ3n) is 3.46. The van der Waals surface area contributed by atoms with E-state index < -0.39 is 0 Å². The molecule has 0 N–H and O–H groups in total. The second kappa shape index (κ2) is 6.16. The first kappa shape index (κ1) is 14.0. The van der Waals surface area contributed by atoms with Crippen LogP contribution in [0.5, 0.6) is 0 Å². The van der Waals surface area contributed by atoms with E-state index in [1.807, 2.05) is 35.7 Å². The Morgan fingerprint density at radius 3 is 2.78 bits per heavy atom. The molecular weight excluding hydrogens is 260 g/mol. The molecule has 0 aromatic heterocycles. The SMILES string of the molecule is CCc1cccc(C(=O)C2CSC(C)C(C)S2)c1. The summed E-state index contributed by atoms with van der Waals surface area (Å²) in [6.07, 6.45) is 0.987. The number of Topliss-reactive ketones (excluding diaryl/α,β-unsaturated/α-hetero) is 1. The molecular formula is C15H20OS2. The normalized spacial score (nSPS) is 28.1. The van der Waals surface area contributed by atoms with Crippen molar-refractivity contribution >= 4 is 29.3 Å². The first-order valence-electron chi connectivity index (χ1n) is 6.52. The molecule has 0 saturated carbocycles. The predicted octanol–water partition coefficient (Wildman–Crippen LogP) is 4.06. The Labute approximate surface area is 118 Å². The van der Waals surface area contributed by atoms with Gasteiger partial charge in [-0.15, -0.1) is 11.8 Å². The van der Waals surface area contributed by atoms with Crippen LogP contribution in [0.4, 0.5) is 0 Å². The monoisotopic (exact) mass is 280 g/mol. The van der Waals surface area contributed by atoms with Crippen molar-refractivity contribution in [1.29, 1.82) is 0 Å². The van der Waals surface area contributed by atoms with Gasteiger partial charge in [-0.25, -0.2) is 0 Å². The molecule has 0 spiro atoms. The number of thioether (sulfide) groups is 2. The van der Waals surface area contributed by atoms with E-state index in [2.05, 4.69) is 32.9 Å². The Bertz CT molecular complexity index is 430. The van der Waals surface area contributed by atoms with Gasteiger partial charge in [0, 0.05) is 21.8 Å². The van der Waals surface area contributed by atoms with E-state index in [0.717, 1.165) is 17.7 Å². The number of hydrogen-bond donors (Lipinski definition) is 0. The van der Waals surface area contributed by atoms with E-state index in [0.29, 0.717) is 16.3 Å². The quantitative estimate of drug-likeness (QED) is 0.777. The topological polar surface area (TPSA) is 17.1 Å². The molecule has 1 aliphatic rings. The number of carbonyl (C=O) groups is 1. The van der Waals surface area contributed by atoms with E-state index in [1.165, 1.54) is 5.56 Å². The lowest BCUT2D eigenvalue weighted by atomic mass is 10.0. The molecule has 0 amide bonds. The van der Waals surface area contributed by atoms with Gasteiger partial charge in [0.25, 0.3) is 0 Å². The third-order valence-corrected chi connectivity index (χ3v) is 6.85. The highest BCUT2D eigenvalue weighted by Gasteiger charge is 2.30. The zero-order valence-corrected chi connectivity index (χ0v) is 12.8. The van der Waals surface area contributed by atoms with Crippen molar-refractivity contribution in [2.75, 3.05) is 5.75 Å². The van der Waals surface area contributed by atoms with Crippen molar-refractivity contribution in [1.82, 2.24) is 0 Å². The smallest absolute Gasteiger partial charge is 0.176 e. The van der Waals surface area contributed by atoms with Gasteiger partial charge in [0.1, 0.15) is 0 Å². The van der Waals surface area contributed by atoms with E-state index >= 15 is 0 Å². The molecule has 1 aromatic rings. The van der Waals surface area contributed by atoms with Gasteiger partial charge in [0.2, 0.25) is 0 Å². The zero-order chi connectivity index (χ0) is 13.1. The van der Waals surface area contributed by atoms with Gasteiger partial charge >= 0.3 is 0 Å². The van der Waals surface area contributed by atoms with Crippen molar-refractivity contribution in [2.24, 2.45) is 0 Å². The Balaban J connectivity index is 2.11. The van der Waals surface area contributed by atoms with Crippen LogP contribution in [0.25, 0.3) is 0 Å². The lowest BCUT2D eigenvalue weighted by molar-refractivity contribution is 0.0994. The number of hydrogen-bond acceptors (Lipinski definition) is 3. The molecule has 0 bridgehead atoms. The molecule has 3 heteroatoms. The zero-order valence-electron chi connectivity index (χ0n) is 11.2. The number of ketones is 1. The third kappa shape index (κ3) is 3.12. The fourth-order valence-corrected chi connectivity index (χ4v) is 4.93. The molecule has 2 rings (SSSR count). The van der Waals surface area contributed by atoms with Crippen LogP contribution in [0.2, 0.25) is 0 Å². The van der Waals surface area contributed by atoms with E-state index in [4.69, 9.17) is 0 Å². The van der Waals surface area contributed by atoms with E-state index in [9.17, 15) is 4.79 Å². The summed E-state index contributed by atoms with van der Waals surface area (Å²) < 4.78 is 0. The highest BCUT2D eigenvalue weighted by molar-refractivity contribution is 8.08. The minimum absolute atomic E-state index is 0.133. The maximum Gasteiger partial charge on any atom is 0.176 e. The molecule has 3 unspecified atom stereocenters. The lowest BCUT2D eigenvalue weighted by Crippen LogP contribution is -2.31. The van der Waals surface area contributed by atoms with Crippen LogP contribution in [-0.2, 0) is 6.42 Å². The molecule has 0 aliphatic carbocycles. The van der Waals surface area contributed by atoms with Gasteiger partial charge in [0.05, 0.1) is 5.25 Å². The second-order valence-electron chi connectivity index (χ2n) is 4.79. The van der Waals surface area contributed by atoms with Crippen LogP contribution >= 0.6 is 23.5 Å². The average molecular weight is 280 g/mol. The fourth-order valence-electron chi connectivity index (χ4n) is 2.05. The van der Waals surface area contributed by atoms with Gasteiger partial charge in [-0.05, 0) is 18.1 Å². The predicted molar refractivity (Wildman–Crippen MR) is 82.9 cm³/mol. The summed E-state index contributed by atoms with van der Waals surface area (Å²) in [5.41, 5.74) is 2.13. The van der Waals surface area contributed by atoms with Crippen LogP contribution < -0.4 is 0 Å². The summed E-state index contributed by atoms with van der Waals surface area (Å²) in [5, 5.41) is 1.35. The maximum absolute atomic E-state index is 12.5. The Hall–Kier alpha value is -0.410. The Morgan fingerprint density at radius 1 is 1.33 bits per heavy atom. The largest absolute Gasteiger partial charge is 0.293 e. The first-order chi connectivity index (χ1) is 8.61. The van der Waals surface area contributed by atoms with Crippen molar-refractivity contribution in [3.05, 3.63) is 35.4 Å². The second-order valence-corrected chi connectivity index (χ2v) is 7.78. The molecule has 3 atom stereocenters. The van der Waals surface area contributed by atoms with Crippen molar-refractivity contribution < 1.29 is 4.79 Å². The van der Waals surface area contributed by atoms with Crippen LogP contribution in [0.15, 0.2) is 24.3 Å². The average Bonchev–Trinajstić information content (AvgIpc) is 2.41. The van der Waals surface area contributed by atoms with Gasteiger partial charge in [-0.3, -0.25) is 4.79 Å². The molecule has 0 radical (unpaired) electrons. The highest BCUT2D eigenvalue weighted by Crippen LogP contribution is 2.37. The minimum atomic E-state index is 0.133. The minimum Gasteiger partial charge on any atom is -0.293 e. The molecule has 1 nitrogen and oxygen atoms in total. The van der Waals surface area contributed by atoms with Gasteiger partial charge in [0.15, 0.2) is 5.78 Å². The highest BCUT2D eigenvalue weighted by atomic mass is 32.2. The maximum atomic E-state index is 12.5. The molecule has 1 heterocycles. The lowest BCUT2D eigenvalue weighted by Gasteiger charge is -2.30. The molecule has 98 valence electrons. The molecule has 1 aliphatic heterocycles. The van der Waals surface area contributed by atoms with Crippen molar-refractivity contribution in [3.8, 4) is 0 Å². The molecule has 1 aromatic carbocycles. The molecule has 18 heavy (non-hydrogen) atoms. The van der Waals surface area contributed by atoms with Crippen LogP contribution in [0.3, 0.4) is 0 Å². The number of benzene rings is 1. The summed E-state index contributed by atoms with van der Waals surface area (Å²) in [7, 11) is 0. The van der Waals surface area contributed by atoms with Crippen LogP contribution in [-0.4, -0.2) is 27.3 Å². The Morgan fingerprint density at radius 2 is 2.11 bits per heavy atom. The first-order valence-corrected chi connectivity index (χ1v) is 8.51. The number of rotatable bonds is 3. The van der Waals surface area contributed by atoms with E-state index in [1.54, 1.807) is 0 Å². The number of carbonyl (C=O) groups excluding carboxylic acids is 1. The standard InChI is InChI=1S/C15H20OS2/c1-4-12-6-5-7-13(8-12)15(16)14-9-17-10(2)11(3)18-14/h5-8,10-11,14H,4,9H2,1-3H3. The molecule has 1 saturated heterocycles. The van der Waals surface area contributed by atoms with Gasteiger partial charge in [-0.2, -0.15) is 11.8 Å². The Kier molecular flexibility index (Phi) is 4.79. The summed E-state index contributed by atoms with van der Waals surface area (Å²) in [5.74, 6) is 1.26. The van der Waals surface area contributed by atoms with Crippen LogP contribution in [0.1, 0.15) is 36.7 Å². The fraction of sp³-hybridized carbons (Fsp3) is 0.533. The summed E-state index contributed by atoms with van der Waals surface area (Å²) in [6, 6.07) is 8.09. The van der Waals surface area contributed by atoms with Crippen molar-refractivity contribution in [2.45, 2.75) is 42.9 Å². The molecule has 1 fully saturated rings. The summed E-state index contributed by atoms with van der Waals surface area (Å²) >= 11 is 3.77. The summed E-state index contributed by atoms with van der Waals surface area (Å²) in [4.78, 5) is 12.5. The van der Waals surface area contributed by atoms with Crippen LogP contribution in [0, 0.1) is 0 Å². The number of aryl methyl sites for hydroxylation is 1. The van der Waals surface area contributed by atoms with Gasteiger partial charge < -0.3 is 0 Å². The van der Waals surface area contributed by atoms with Crippen molar-refractivity contribution in [3.63, 3.8) is 0 Å². The summed E-state index contributed by atoms with van der Waals surface area (Å²) in [6.45, 7) is 6.60.